The first kappa shape index (κ1) is 24.1. The Hall–Kier alpha value is -0.960. The molecule has 27 heavy (non-hydrogen) atoms. The van der Waals surface area contributed by atoms with E-state index in [9.17, 15) is 8.78 Å². The normalized spacial score (nSPS) is 16.1. The van der Waals surface area contributed by atoms with Crippen molar-refractivity contribution in [1.29, 1.82) is 0 Å². The number of hydrogen-bond acceptors (Lipinski definition) is 2. The summed E-state index contributed by atoms with van der Waals surface area (Å²) < 4.78 is 27.0. The van der Waals surface area contributed by atoms with Gasteiger partial charge in [-0.3, -0.25) is 4.99 Å². The number of aliphatic imine (C=N–C) groups is 1. The molecule has 2 N–H and O–H groups in total. The molecule has 0 amide bonds. The molecule has 0 atom stereocenters. The molecule has 0 saturated carbocycles. The summed E-state index contributed by atoms with van der Waals surface area (Å²) >= 11 is 0. The fraction of sp³-hybridized carbons (Fsp3) is 0.650. The van der Waals surface area contributed by atoms with Crippen LogP contribution in [0.15, 0.2) is 23.2 Å². The van der Waals surface area contributed by atoms with Crippen molar-refractivity contribution in [2.75, 3.05) is 32.7 Å². The van der Waals surface area contributed by atoms with E-state index in [1.807, 2.05) is 6.92 Å². The van der Waals surface area contributed by atoms with Crippen LogP contribution in [-0.4, -0.2) is 49.6 Å². The molecule has 0 spiro atoms. The van der Waals surface area contributed by atoms with Crippen LogP contribution in [-0.2, 0) is 6.42 Å². The number of guanidine groups is 1. The smallest absolute Gasteiger partial charge is 0.191 e. The molecule has 0 radical (unpaired) electrons. The van der Waals surface area contributed by atoms with E-state index in [-0.39, 0.29) is 24.0 Å². The summed E-state index contributed by atoms with van der Waals surface area (Å²) in [6.45, 7) is 8.87. The van der Waals surface area contributed by atoms with Crippen LogP contribution >= 0.6 is 24.0 Å². The Morgan fingerprint density at radius 2 is 1.96 bits per heavy atom. The Balaban J connectivity index is 0.00000364. The van der Waals surface area contributed by atoms with Gasteiger partial charge in [-0.25, -0.2) is 8.78 Å². The van der Waals surface area contributed by atoms with Crippen LogP contribution in [0.25, 0.3) is 0 Å². The van der Waals surface area contributed by atoms with Crippen LogP contribution in [0, 0.1) is 11.6 Å². The number of benzene rings is 1. The zero-order valence-corrected chi connectivity index (χ0v) is 18.8. The lowest BCUT2D eigenvalue weighted by Gasteiger charge is -2.33. The predicted molar refractivity (Wildman–Crippen MR) is 119 cm³/mol. The van der Waals surface area contributed by atoms with Gasteiger partial charge in [-0.1, -0.05) is 25.5 Å². The molecule has 0 aromatic heterocycles. The number of nitrogens with zero attached hydrogens (tertiary/aromatic N) is 2. The van der Waals surface area contributed by atoms with Gasteiger partial charge in [0.1, 0.15) is 0 Å². The number of piperidine rings is 1. The molecule has 7 heteroatoms. The first-order valence-corrected chi connectivity index (χ1v) is 9.84. The molecular weight excluding hydrogens is 461 g/mol. The Morgan fingerprint density at radius 3 is 2.63 bits per heavy atom. The minimum Gasteiger partial charge on any atom is -0.357 e. The third kappa shape index (κ3) is 8.29. The SMILES string of the molecule is CCCCN1CCC(NC(=NCCc2cccc(F)c2F)NCC)CC1.I. The summed E-state index contributed by atoms with van der Waals surface area (Å²) in [6.07, 6.45) is 5.09. The number of rotatable bonds is 8. The lowest BCUT2D eigenvalue weighted by Crippen LogP contribution is -2.48. The first-order valence-electron chi connectivity index (χ1n) is 9.84. The van der Waals surface area contributed by atoms with E-state index in [4.69, 9.17) is 0 Å². The molecule has 0 unspecified atom stereocenters. The molecule has 0 bridgehead atoms. The van der Waals surface area contributed by atoms with Crippen molar-refractivity contribution in [1.82, 2.24) is 15.5 Å². The van der Waals surface area contributed by atoms with Gasteiger partial charge in [0, 0.05) is 32.2 Å². The Morgan fingerprint density at radius 1 is 1.22 bits per heavy atom. The lowest BCUT2D eigenvalue weighted by molar-refractivity contribution is 0.203. The third-order valence-electron chi connectivity index (χ3n) is 4.78. The van der Waals surface area contributed by atoms with E-state index in [1.165, 1.54) is 25.5 Å². The Labute approximate surface area is 179 Å². The number of likely N-dealkylation sites (tertiary alicyclic amines) is 1. The largest absolute Gasteiger partial charge is 0.357 e. The quantitative estimate of drug-likeness (QED) is 0.327. The van der Waals surface area contributed by atoms with E-state index in [1.54, 1.807) is 6.07 Å². The standard InChI is InChI=1S/C20H32F2N4.HI/c1-3-5-13-26-14-10-17(11-15-26)25-20(23-4-2)24-12-9-16-7-6-8-18(21)19(16)22;/h6-8,17H,3-5,9-15H2,1-2H3,(H2,23,24,25);1H. The maximum Gasteiger partial charge on any atom is 0.191 e. The van der Waals surface area contributed by atoms with Gasteiger partial charge in [-0.2, -0.15) is 0 Å². The van der Waals surface area contributed by atoms with Crippen LogP contribution in [0.5, 0.6) is 0 Å². The minimum atomic E-state index is -0.800. The van der Waals surface area contributed by atoms with Crippen molar-refractivity contribution in [3.05, 3.63) is 35.4 Å². The van der Waals surface area contributed by atoms with Crippen molar-refractivity contribution in [2.24, 2.45) is 4.99 Å². The van der Waals surface area contributed by atoms with Crippen LogP contribution in [0.3, 0.4) is 0 Å². The number of halogens is 3. The molecule has 1 fully saturated rings. The molecule has 1 aromatic carbocycles. The van der Waals surface area contributed by atoms with E-state index in [0.29, 0.717) is 24.6 Å². The average molecular weight is 494 g/mol. The van der Waals surface area contributed by atoms with E-state index in [0.717, 1.165) is 44.5 Å². The summed E-state index contributed by atoms with van der Waals surface area (Å²) in [5.41, 5.74) is 0.369. The highest BCUT2D eigenvalue weighted by atomic mass is 127. The van der Waals surface area contributed by atoms with Gasteiger partial charge in [-0.15, -0.1) is 24.0 Å². The Bertz CT molecular complexity index is 575. The number of hydrogen-bond donors (Lipinski definition) is 2. The van der Waals surface area contributed by atoms with Crippen LogP contribution < -0.4 is 10.6 Å². The fourth-order valence-electron chi connectivity index (χ4n) is 3.23. The van der Waals surface area contributed by atoms with Gasteiger partial charge >= 0.3 is 0 Å². The molecule has 1 aromatic rings. The van der Waals surface area contributed by atoms with E-state index in [2.05, 4.69) is 27.4 Å². The molecule has 2 rings (SSSR count). The third-order valence-corrected chi connectivity index (χ3v) is 4.78. The highest BCUT2D eigenvalue weighted by molar-refractivity contribution is 14.0. The monoisotopic (exact) mass is 494 g/mol. The summed E-state index contributed by atoms with van der Waals surface area (Å²) in [7, 11) is 0. The molecular formula is C20H33F2IN4. The summed E-state index contributed by atoms with van der Waals surface area (Å²) in [4.78, 5) is 7.06. The summed E-state index contributed by atoms with van der Waals surface area (Å²) in [5.74, 6) is -0.803. The summed E-state index contributed by atoms with van der Waals surface area (Å²) in [5, 5.41) is 6.74. The molecule has 154 valence electrons. The van der Waals surface area contributed by atoms with Crippen molar-refractivity contribution in [3.8, 4) is 0 Å². The van der Waals surface area contributed by atoms with Crippen molar-refractivity contribution in [3.63, 3.8) is 0 Å². The van der Waals surface area contributed by atoms with Crippen LogP contribution in [0.4, 0.5) is 8.78 Å². The molecule has 0 aliphatic carbocycles. The zero-order valence-electron chi connectivity index (χ0n) is 16.4. The zero-order chi connectivity index (χ0) is 18.8. The summed E-state index contributed by atoms with van der Waals surface area (Å²) in [6, 6.07) is 4.70. The predicted octanol–water partition coefficient (Wildman–Crippen LogP) is 3.94. The van der Waals surface area contributed by atoms with Gasteiger partial charge in [0.2, 0.25) is 0 Å². The van der Waals surface area contributed by atoms with Crippen molar-refractivity contribution >= 4 is 29.9 Å². The van der Waals surface area contributed by atoms with Crippen LogP contribution in [0.1, 0.15) is 45.1 Å². The first-order chi connectivity index (χ1) is 12.6. The second-order valence-electron chi connectivity index (χ2n) is 6.84. The van der Waals surface area contributed by atoms with Gasteiger partial charge in [-0.05, 0) is 50.8 Å². The van der Waals surface area contributed by atoms with Gasteiger partial charge in [0.05, 0.1) is 0 Å². The maximum absolute atomic E-state index is 13.7. The Kier molecular flexibility index (Phi) is 11.8. The van der Waals surface area contributed by atoms with Crippen molar-refractivity contribution < 1.29 is 8.78 Å². The fourth-order valence-corrected chi connectivity index (χ4v) is 3.23. The molecule has 1 aliphatic heterocycles. The van der Waals surface area contributed by atoms with Gasteiger partial charge in [0.15, 0.2) is 17.6 Å². The molecule has 1 heterocycles. The lowest BCUT2D eigenvalue weighted by atomic mass is 10.0. The number of unbranched alkanes of at least 4 members (excludes halogenated alkanes) is 1. The van der Waals surface area contributed by atoms with Gasteiger partial charge < -0.3 is 15.5 Å². The topological polar surface area (TPSA) is 39.7 Å². The van der Waals surface area contributed by atoms with Gasteiger partial charge in [0.25, 0.3) is 0 Å². The second-order valence-corrected chi connectivity index (χ2v) is 6.84. The van der Waals surface area contributed by atoms with E-state index < -0.39 is 11.6 Å². The minimum absolute atomic E-state index is 0. The van der Waals surface area contributed by atoms with E-state index >= 15 is 0 Å². The highest BCUT2D eigenvalue weighted by Gasteiger charge is 2.19. The molecule has 4 nitrogen and oxygen atoms in total. The van der Waals surface area contributed by atoms with Crippen LogP contribution in [0.2, 0.25) is 0 Å². The number of nitrogens with one attached hydrogen (secondary N) is 2. The average Bonchev–Trinajstić information content (AvgIpc) is 2.65. The second kappa shape index (κ2) is 13.3. The maximum atomic E-state index is 13.7. The molecule has 1 saturated heterocycles. The van der Waals surface area contributed by atoms with Crippen molar-refractivity contribution in [2.45, 2.75) is 52.0 Å². The molecule has 1 aliphatic rings. The highest BCUT2D eigenvalue weighted by Crippen LogP contribution is 2.13.